The lowest BCUT2D eigenvalue weighted by atomic mass is 10.1. The van der Waals surface area contributed by atoms with E-state index in [9.17, 15) is 13.2 Å². The number of aromatic nitrogens is 2. The monoisotopic (exact) mass is 339 g/mol. The van der Waals surface area contributed by atoms with Crippen molar-refractivity contribution < 1.29 is 8.42 Å². The predicted molar refractivity (Wildman–Crippen MR) is 86.5 cm³/mol. The topological polar surface area (TPSA) is 72.3 Å². The third-order valence-electron chi connectivity index (χ3n) is 3.84. The summed E-state index contributed by atoms with van der Waals surface area (Å²) in [5.41, 5.74) is 0.637. The normalized spacial score (nSPS) is 17.7. The van der Waals surface area contributed by atoms with E-state index in [1.165, 1.54) is 21.3 Å². The van der Waals surface area contributed by atoms with Gasteiger partial charge < -0.3 is 0 Å². The lowest BCUT2D eigenvalue weighted by molar-refractivity contribution is 0.256. The van der Waals surface area contributed by atoms with Gasteiger partial charge in [0.05, 0.1) is 17.2 Å². The quantitative estimate of drug-likeness (QED) is 0.851. The number of thiophene rings is 1. The highest BCUT2D eigenvalue weighted by molar-refractivity contribution is 7.88. The summed E-state index contributed by atoms with van der Waals surface area (Å²) in [6.45, 7) is 0.863. The first-order valence-electron chi connectivity index (χ1n) is 7.04. The summed E-state index contributed by atoms with van der Waals surface area (Å²) in [7, 11) is -3.16. The molecule has 0 atom stereocenters. The van der Waals surface area contributed by atoms with E-state index in [1.54, 1.807) is 17.4 Å². The highest BCUT2D eigenvalue weighted by atomic mass is 32.2. The van der Waals surface area contributed by atoms with Crippen LogP contribution in [0, 0.1) is 0 Å². The molecule has 3 rings (SSSR count). The molecule has 2 aromatic rings. The Kier molecular flexibility index (Phi) is 4.16. The van der Waals surface area contributed by atoms with Crippen molar-refractivity contribution in [2.45, 2.75) is 18.9 Å². The lowest BCUT2D eigenvalue weighted by Crippen LogP contribution is -2.40. The molecule has 22 heavy (non-hydrogen) atoms. The molecular formula is C14H17N3O3S2. The summed E-state index contributed by atoms with van der Waals surface area (Å²) in [5.74, 6) is 0. The molecule has 3 heterocycles. The Hall–Kier alpha value is -1.51. The molecule has 8 heteroatoms. The summed E-state index contributed by atoms with van der Waals surface area (Å²) >= 11 is 1.58. The van der Waals surface area contributed by atoms with Gasteiger partial charge in [0.25, 0.3) is 5.56 Å². The van der Waals surface area contributed by atoms with Gasteiger partial charge in [-0.05, 0) is 30.4 Å². The van der Waals surface area contributed by atoms with Crippen LogP contribution in [0.3, 0.4) is 0 Å². The van der Waals surface area contributed by atoms with Crippen molar-refractivity contribution in [3.8, 4) is 10.6 Å². The van der Waals surface area contributed by atoms with Crippen LogP contribution in [-0.2, 0) is 10.0 Å². The van der Waals surface area contributed by atoms with E-state index in [4.69, 9.17) is 0 Å². The number of hydrogen-bond acceptors (Lipinski definition) is 5. The Bertz CT molecular complexity index is 804. The zero-order valence-corrected chi connectivity index (χ0v) is 13.8. The minimum Gasteiger partial charge on any atom is -0.268 e. The van der Waals surface area contributed by atoms with Crippen LogP contribution in [-0.4, -0.2) is 41.8 Å². The molecule has 0 N–H and O–H groups in total. The van der Waals surface area contributed by atoms with Crippen LogP contribution in [0.25, 0.3) is 10.6 Å². The van der Waals surface area contributed by atoms with Gasteiger partial charge >= 0.3 is 0 Å². The molecule has 1 aliphatic heterocycles. The van der Waals surface area contributed by atoms with Gasteiger partial charge in [-0.1, -0.05) is 6.07 Å². The van der Waals surface area contributed by atoms with E-state index in [2.05, 4.69) is 5.10 Å². The first-order chi connectivity index (χ1) is 10.4. The molecule has 1 aliphatic rings. The Labute approximate surface area is 133 Å². The van der Waals surface area contributed by atoms with Crippen LogP contribution in [0.4, 0.5) is 0 Å². The van der Waals surface area contributed by atoms with Gasteiger partial charge in [-0.15, -0.1) is 11.3 Å². The maximum Gasteiger partial charge on any atom is 0.267 e. The highest BCUT2D eigenvalue weighted by Crippen LogP contribution is 2.25. The van der Waals surface area contributed by atoms with Crippen LogP contribution < -0.4 is 5.56 Å². The van der Waals surface area contributed by atoms with Gasteiger partial charge in [-0.2, -0.15) is 5.10 Å². The molecule has 0 bridgehead atoms. The van der Waals surface area contributed by atoms with E-state index >= 15 is 0 Å². The maximum atomic E-state index is 12.1. The molecule has 0 saturated carbocycles. The van der Waals surface area contributed by atoms with Crippen molar-refractivity contribution in [3.05, 3.63) is 40.0 Å². The Balaban J connectivity index is 1.84. The van der Waals surface area contributed by atoms with Crippen LogP contribution in [0.15, 0.2) is 34.4 Å². The highest BCUT2D eigenvalue weighted by Gasteiger charge is 2.27. The van der Waals surface area contributed by atoms with Crippen molar-refractivity contribution in [1.29, 1.82) is 0 Å². The molecule has 0 aliphatic carbocycles. The third-order valence-corrected chi connectivity index (χ3v) is 6.03. The van der Waals surface area contributed by atoms with Gasteiger partial charge in [-0.3, -0.25) is 4.79 Å². The average molecular weight is 339 g/mol. The van der Waals surface area contributed by atoms with E-state index in [0.717, 1.165) is 10.6 Å². The largest absolute Gasteiger partial charge is 0.268 e. The van der Waals surface area contributed by atoms with Crippen molar-refractivity contribution in [3.63, 3.8) is 0 Å². The fourth-order valence-corrected chi connectivity index (χ4v) is 4.23. The first kappa shape index (κ1) is 15.4. The summed E-state index contributed by atoms with van der Waals surface area (Å²) in [6.07, 6.45) is 2.43. The van der Waals surface area contributed by atoms with E-state index in [0.29, 0.717) is 25.9 Å². The second kappa shape index (κ2) is 5.94. The van der Waals surface area contributed by atoms with Crippen molar-refractivity contribution in [1.82, 2.24) is 14.1 Å². The number of nitrogens with zero attached hydrogens (tertiary/aromatic N) is 3. The maximum absolute atomic E-state index is 12.1. The fraction of sp³-hybridized carbons (Fsp3) is 0.429. The summed E-state index contributed by atoms with van der Waals surface area (Å²) in [5, 5.41) is 6.44. The molecule has 1 saturated heterocycles. The van der Waals surface area contributed by atoms with E-state index in [1.807, 2.05) is 17.5 Å². The van der Waals surface area contributed by atoms with Crippen molar-refractivity contribution in [2.75, 3.05) is 19.3 Å². The molecule has 1 fully saturated rings. The van der Waals surface area contributed by atoms with E-state index < -0.39 is 10.0 Å². The van der Waals surface area contributed by atoms with E-state index in [-0.39, 0.29) is 11.6 Å². The van der Waals surface area contributed by atoms with Crippen LogP contribution in [0.2, 0.25) is 0 Å². The Morgan fingerprint density at radius 2 is 1.95 bits per heavy atom. The van der Waals surface area contributed by atoms with Crippen LogP contribution >= 0.6 is 11.3 Å². The number of piperidine rings is 1. The molecule has 0 aromatic carbocycles. The lowest BCUT2D eigenvalue weighted by Gasteiger charge is -2.30. The third kappa shape index (κ3) is 3.13. The minimum absolute atomic E-state index is 0.0505. The summed E-state index contributed by atoms with van der Waals surface area (Å²) in [4.78, 5) is 13.1. The second-order valence-electron chi connectivity index (χ2n) is 5.37. The Morgan fingerprint density at radius 1 is 1.23 bits per heavy atom. The molecule has 0 amide bonds. The fourth-order valence-electron chi connectivity index (χ4n) is 2.66. The number of hydrogen-bond donors (Lipinski definition) is 0. The zero-order chi connectivity index (χ0) is 15.7. The minimum atomic E-state index is -3.16. The van der Waals surface area contributed by atoms with Gasteiger partial charge in [-0.25, -0.2) is 17.4 Å². The number of rotatable bonds is 3. The van der Waals surface area contributed by atoms with Gasteiger partial charge in [0.15, 0.2) is 0 Å². The molecule has 118 valence electrons. The summed E-state index contributed by atoms with van der Waals surface area (Å²) < 4.78 is 26.1. The standard InChI is InChI=1S/C14H17N3O3S2/c1-22(19,20)16-8-6-11(7-9-16)17-14(18)5-4-12(15-17)13-3-2-10-21-13/h2-5,10-11H,6-9H2,1H3. The molecule has 0 spiro atoms. The van der Waals surface area contributed by atoms with Gasteiger partial charge in [0.1, 0.15) is 5.69 Å². The van der Waals surface area contributed by atoms with Gasteiger partial charge in [0.2, 0.25) is 10.0 Å². The average Bonchev–Trinajstić information content (AvgIpc) is 3.01. The zero-order valence-electron chi connectivity index (χ0n) is 12.2. The van der Waals surface area contributed by atoms with Crippen molar-refractivity contribution >= 4 is 21.4 Å². The number of sulfonamides is 1. The molecule has 6 nitrogen and oxygen atoms in total. The van der Waals surface area contributed by atoms with Crippen molar-refractivity contribution in [2.24, 2.45) is 0 Å². The van der Waals surface area contributed by atoms with Gasteiger partial charge in [0, 0.05) is 19.2 Å². The van der Waals surface area contributed by atoms with Crippen LogP contribution in [0.1, 0.15) is 18.9 Å². The SMILES string of the molecule is CS(=O)(=O)N1CCC(n2nc(-c3cccs3)ccc2=O)CC1. The molecular weight excluding hydrogens is 322 g/mol. The molecule has 0 radical (unpaired) electrons. The molecule has 2 aromatic heterocycles. The second-order valence-corrected chi connectivity index (χ2v) is 8.30. The Morgan fingerprint density at radius 3 is 2.55 bits per heavy atom. The summed E-state index contributed by atoms with van der Waals surface area (Å²) in [6, 6.07) is 7.13. The van der Waals surface area contributed by atoms with Crippen LogP contribution in [0.5, 0.6) is 0 Å². The smallest absolute Gasteiger partial charge is 0.267 e. The molecule has 0 unspecified atom stereocenters. The predicted octanol–water partition coefficient (Wildman–Crippen LogP) is 1.57. The first-order valence-corrected chi connectivity index (χ1v) is 9.77.